The highest BCUT2D eigenvalue weighted by Gasteiger charge is 2.07. The molecule has 2 N–H and O–H groups in total. The summed E-state index contributed by atoms with van der Waals surface area (Å²) in [5, 5.41) is 4.09. The monoisotopic (exact) mass is 237 g/mol. The standard InChI is InChI=1S/C9H8ClN5O/c1-5-2-7(14-9(10)13-5)15-4-6(3-12-15)8(11)16/h2-4H,1H3,(H2,11,16). The first kappa shape index (κ1) is 10.6. The van der Waals surface area contributed by atoms with E-state index in [0.29, 0.717) is 17.1 Å². The summed E-state index contributed by atoms with van der Waals surface area (Å²) in [6, 6.07) is 1.70. The van der Waals surface area contributed by atoms with Crippen LogP contribution in [0.3, 0.4) is 0 Å². The zero-order valence-corrected chi connectivity index (χ0v) is 9.14. The molecule has 0 spiro atoms. The Morgan fingerprint density at radius 2 is 2.25 bits per heavy atom. The van der Waals surface area contributed by atoms with Crippen LogP contribution in [0.15, 0.2) is 18.5 Å². The van der Waals surface area contributed by atoms with Crippen molar-refractivity contribution in [2.24, 2.45) is 5.73 Å². The van der Waals surface area contributed by atoms with Gasteiger partial charge in [-0.05, 0) is 18.5 Å². The van der Waals surface area contributed by atoms with Crippen molar-refractivity contribution in [3.63, 3.8) is 0 Å². The molecule has 0 bridgehead atoms. The van der Waals surface area contributed by atoms with Gasteiger partial charge in [-0.25, -0.2) is 9.67 Å². The van der Waals surface area contributed by atoms with Gasteiger partial charge in [0.1, 0.15) is 0 Å². The Kier molecular flexibility index (Phi) is 2.57. The SMILES string of the molecule is Cc1cc(-n2cc(C(N)=O)cn2)nc(Cl)n1. The number of carbonyl (C=O) groups is 1. The van der Waals surface area contributed by atoms with E-state index in [9.17, 15) is 4.79 Å². The molecule has 1 amide bonds. The maximum Gasteiger partial charge on any atom is 0.251 e. The van der Waals surface area contributed by atoms with Crippen LogP contribution in [0.25, 0.3) is 5.82 Å². The molecule has 6 nitrogen and oxygen atoms in total. The Morgan fingerprint density at radius 1 is 1.50 bits per heavy atom. The fourth-order valence-electron chi connectivity index (χ4n) is 1.21. The van der Waals surface area contributed by atoms with E-state index in [0.717, 1.165) is 0 Å². The largest absolute Gasteiger partial charge is 0.366 e. The maximum atomic E-state index is 10.9. The zero-order valence-electron chi connectivity index (χ0n) is 8.38. The molecule has 0 saturated carbocycles. The van der Waals surface area contributed by atoms with Gasteiger partial charge in [-0.1, -0.05) is 0 Å². The topological polar surface area (TPSA) is 86.7 Å². The van der Waals surface area contributed by atoms with Gasteiger partial charge in [-0.2, -0.15) is 10.1 Å². The van der Waals surface area contributed by atoms with Crippen LogP contribution < -0.4 is 5.73 Å². The lowest BCUT2D eigenvalue weighted by Gasteiger charge is -2.01. The second-order valence-corrected chi connectivity index (χ2v) is 3.51. The predicted octanol–water partition coefficient (Wildman–Crippen LogP) is 0.723. The molecule has 2 heterocycles. The van der Waals surface area contributed by atoms with Crippen molar-refractivity contribution in [3.05, 3.63) is 35.0 Å². The van der Waals surface area contributed by atoms with Crippen LogP contribution in [-0.2, 0) is 0 Å². The molecule has 2 rings (SSSR count). The lowest BCUT2D eigenvalue weighted by molar-refractivity contribution is 0.100. The van der Waals surface area contributed by atoms with Gasteiger partial charge >= 0.3 is 0 Å². The molecule has 82 valence electrons. The Balaban J connectivity index is 2.46. The number of aryl methyl sites for hydroxylation is 1. The molecule has 7 heteroatoms. The zero-order chi connectivity index (χ0) is 11.7. The molecule has 0 fully saturated rings. The van der Waals surface area contributed by atoms with Gasteiger partial charge in [0, 0.05) is 18.0 Å². The molecule has 0 aromatic carbocycles. The normalized spacial score (nSPS) is 10.4. The summed E-state index contributed by atoms with van der Waals surface area (Å²) in [5.74, 6) is -0.0480. The molecule has 0 aliphatic rings. The van der Waals surface area contributed by atoms with E-state index in [4.69, 9.17) is 17.3 Å². The van der Waals surface area contributed by atoms with Crippen molar-refractivity contribution < 1.29 is 4.79 Å². The van der Waals surface area contributed by atoms with Crippen molar-refractivity contribution in [3.8, 4) is 5.82 Å². The second-order valence-electron chi connectivity index (χ2n) is 3.17. The number of hydrogen-bond acceptors (Lipinski definition) is 4. The quantitative estimate of drug-likeness (QED) is 0.780. The third kappa shape index (κ3) is 2.01. The third-order valence-electron chi connectivity index (χ3n) is 1.92. The highest BCUT2D eigenvalue weighted by Crippen LogP contribution is 2.10. The molecule has 0 saturated heterocycles. The average Bonchev–Trinajstić information content (AvgIpc) is 2.64. The highest BCUT2D eigenvalue weighted by atomic mass is 35.5. The predicted molar refractivity (Wildman–Crippen MR) is 57.4 cm³/mol. The molecule has 2 aromatic rings. The van der Waals surface area contributed by atoms with Crippen molar-refractivity contribution in [2.75, 3.05) is 0 Å². The smallest absolute Gasteiger partial charge is 0.251 e. The molecule has 2 aromatic heterocycles. The second kappa shape index (κ2) is 3.90. The summed E-state index contributed by atoms with van der Waals surface area (Å²) in [4.78, 5) is 18.8. The molecule has 0 aliphatic carbocycles. The van der Waals surface area contributed by atoms with E-state index >= 15 is 0 Å². The molecular weight excluding hydrogens is 230 g/mol. The molecule has 0 atom stereocenters. The minimum atomic E-state index is -0.539. The Hall–Kier alpha value is -1.95. The van der Waals surface area contributed by atoms with Crippen LogP contribution in [0.5, 0.6) is 0 Å². The summed E-state index contributed by atoms with van der Waals surface area (Å²) in [5.41, 5.74) is 6.14. The summed E-state index contributed by atoms with van der Waals surface area (Å²) in [7, 11) is 0. The van der Waals surface area contributed by atoms with Crippen LogP contribution >= 0.6 is 11.6 Å². The van der Waals surface area contributed by atoms with E-state index < -0.39 is 5.91 Å². The molecule has 0 unspecified atom stereocenters. The van der Waals surface area contributed by atoms with Gasteiger partial charge in [0.2, 0.25) is 5.28 Å². The molecular formula is C9H8ClN5O. The van der Waals surface area contributed by atoms with Crippen molar-refractivity contribution >= 4 is 17.5 Å². The minimum absolute atomic E-state index is 0.131. The van der Waals surface area contributed by atoms with Crippen LogP contribution in [0, 0.1) is 6.92 Å². The summed E-state index contributed by atoms with van der Waals surface area (Å²) >= 11 is 5.71. The average molecular weight is 238 g/mol. The molecule has 16 heavy (non-hydrogen) atoms. The lowest BCUT2D eigenvalue weighted by Crippen LogP contribution is -2.09. The van der Waals surface area contributed by atoms with Crippen molar-refractivity contribution in [2.45, 2.75) is 6.92 Å². The number of carbonyl (C=O) groups excluding carboxylic acids is 1. The van der Waals surface area contributed by atoms with Gasteiger partial charge in [-0.15, -0.1) is 0 Å². The van der Waals surface area contributed by atoms with E-state index in [2.05, 4.69) is 15.1 Å². The van der Waals surface area contributed by atoms with E-state index in [1.165, 1.54) is 17.1 Å². The third-order valence-corrected chi connectivity index (χ3v) is 2.08. The highest BCUT2D eigenvalue weighted by molar-refractivity contribution is 6.28. The number of halogens is 1. The van der Waals surface area contributed by atoms with Crippen LogP contribution in [0.4, 0.5) is 0 Å². The molecule has 0 aliphatic heterocycles. The summed E-state index contributed by atoms with van der Waals surface area (Å²) < 4.78 is 1.42. The number of rotatable bonds is 2. The van der Waals surface area contributed by atoms with Gasteiger partial charge in [0.15, 0.2) is 5.82 Å². The maximum absolute atomic E-state index is 10.9. The minimum Gasteiger partial charge on any atom is -0.366 e. The fourth-order valence-corrected chi connectivity index (χ4v) is 1.43. The van der Waals surface area contributed by atoms with E-state index in [-0.39, 0.29) is 5.28 Å². The van der Waals surface area contributed by atoms with Gasteiger partial charge in [0.05, 0.1) is 11.8 Å². The summed E-state index contributed by atoms with van der Waals surface area (Å²) in [6.45, 7) is 1.79. The van der Waals surface area contributed by atoms with Crippen LogP contribution in [0.1, 0.15) is 16.1 Å². The van der Waals surface area contributed by atoms with Crippen molar-refractivity contribution in [1.82, 2.24) is 19.7 Å². The number of nitrogens with two attached hydrogens (primary N) is 1. The van der Waals surface area contributed by atoms with Crippen LogP contribution in [-0.4, -0.2) is 25.7 Å². The van der Waals surface area contributed by atoms with E-state index in [1.807, 2.05) is 0 Å². The number of primary amides is 1. The van der Waals surface area contributed by atoms with E-state index in [1.54, 1.807) is 13.0 Å². The Bertz CT molecular complexity index is 530. The van der Waals surface area contributed by atoms with Crippen LogP contribution in [0.2, 0.25) is 5.28 Å². The first-order valence-electron chi connectivity index (χ1n) is 4.42. The lowest BCUT2D eigenvalue weighted by atomic mass is 10.3. The number of nitrogens with zero attached hydrogens (tertiary/aromatic N) is 4. The van der Waals surface area contributed by atoms with Gasteiger partial charge in [0.25, 0.3) is 5.91 Å². The first-order valence-corrected chi connectivity index (χ1v) is 4.80. The van der Waals surface area contributed by atoms with Crippen molar-refractivity contribution in [1.29, 1.82) is 0 Å². The Morgan fingerprint density at radius 3 is 2.81 bits per heavy atom. The fraction of sp³-hybridized carbons (Fsp3) is 0.111. The summed E-state index contributed by atoms with van der Waals surface area (Å²) in [6.07, 6.45) is 2.86. The number of aromatic nitrogens is 4. The Labute approximate surface area is 96.1 Å². The van der Waals surface area contributed by atoms with Gasteiger partial charge < -0.3 is 5.73 Å². The first-order chi connectivity index (χ1) is 7.56. The van der Waals surface area contributed by atoms with Gasteiger partial charge in [-0.3, -0.25) is 4.79 Å². The number of amides is 1. The molecule has 0 radical (unpaired) electrons. The number of hydrogen-bond donors (Lipinski definition) is 1.